The molecule has 0 aliphatic carbocycles. The molecule has 0 bridgehead atoms. The van der Waals surface area contributed by atoms with Gasteiger partial charge in [0.25, 0.3) is 0 Å². The SMILES string of the molecule is CCS(=O)CCNC(C)c1cccc2ccccc12. The van der Waals surface area contributed by atoms with Crippen molar-refractivity contribution in [2.75, 3.05) is 18.1 Å². The average molecular weight is 275 g/mol. The molecule has 2 unspecified atom stereocenters. The van der Waals surface area contributed by atoms with E-state index in [0.29, 0.717) is 0 Å². The molecular formula is C16H21NOS. The summed E-state index contributed by atoms with van der Waals surface area (Å²) in [6.45, 7) is 4.92. The third-order valence-corrected chi connectivity index (χ3v) is 4.70. The van der Waals surface area contributed by atoms with Crippen molar-refractivity contribution in [2.24, 2.45) is 0 Å². The van der Waals surface area contributed by atoms with Crippen LogP contribution in [-0.2, 0) is 10.8 Å². The number of nitrogens with one attached hydrogen (secondary N) is 1. The molecule has 0 fully saturated rings. The van der Waals surface area contributed by atoms with Gasteiger partial charge in [0.05, 0.1) is 0 Å². The van der Waals surface area contributed by atoms with Crippen LogP contribution in [0.25, 0.3) is 10.8 Å². The van der Waals surface area contributed by atoms with Gasteiger partial charge in [0.1, 0.15) is 0 Å². The van der Waals surface area contributed by atoms with E-state index in [0.717, 1.165) is 18.1 Å². The second-order valence-electron chi connectivity index (χ2n) is 4.68. The number of rotatable bonds is 6. The highest BCUT2D eigenvalue weighted by atomic mass is 32.2. The molecule has 0 aliphatic heterocycles. The van der Waals surface area contributed by atoms with Crippen LogP contribution in [0.2, 0.25) is 0 Å². The Hall–Kier alpha value is -1.19. The second kappa shape index (κ2) is 6.83. The quantitative estimate of drug-likeness (QED) is 0.876. The molecule has 2 atom stereocenters. The van der Waals surface area contributed by atoms with Crippen LogP contribution >= 0.6 is 0 Å². The summed E-state index contributed by atoms with van der Waals surface area (Å²) in [5.74, 6) is 1.47. The molecule has 0 saturated heterocycles. The van der Waals surface area contributed by atoms with Gasteiger partial charge in [-0.2, -0.15) is 0 Å². The molecule has 2 aromatic carbocycles. The Bertz CT molecular complexity index is 562. The normalized spacial score (nSPS) is 14.4. The zero-order chi connectivity index (χ0) is 13.7. The Balaban J connectivity index is 2.09. The van der Waals surface area contributed by atoms with E-state index in [1.807, 2.05) is 6.92 Å². The summed E-state index contributed by atoms with van der Waals surface area (Å²) in [6, 6.07) is 15.1. The molecule has 0 amide bonds. The van der Waals surface area contributed by atoms with Gasteiger partial charge in [0, 0.05) is 34.9 Å². The first-order valence-corrected chi connectivity index (χ1v) is 8.27. The van der Waals surface area contributed by atoms with Crippen molar-refractivity contribution in [3.63, 3.8) is 0 Å². The first-order chi connectivity index (χ1) is 9.22. The van der Waals surface area contributed by atoms with Crippen LogP contribution in [0.1, 0.15) is 25.5 Å². The second-order valence-corrected chi connectivity index (χ2v) is 6.54. The van der Waals surface area contributed by atoms with Gasteiger partial charge >= 0.3 is 0 Å². The lowest BCUT2D eigenvalue weighted by Crippen LogP contribution is -2.24. The molecule has 0 aromatic heterocycles. The largest absolute Gasteiger partial charge is 0.309 e. The van der Waals surface area contributed by atoms with E-state index in [2.05, 4.69) is 54.7 Å². The van der Waals surface area contributed by atoms with E-state index in [1.54, 1.807) is 0 Å². The summed E-state index contributed by atoms with van der Waals surface area (Å²) in [5.41, 5.74) is 1.31. The van der Waals surface area contributed by atoms with Crippen molar-refractivity contribution in [1.82, 2.24) is 5.32 Å². The molecule has 0 heterocycles. The minimum Gasteiger partial charge on any atom is -0.309 e. The Morgan fingerprint density at radius 2 is 1.89 bits per heavy atom. The van der Waals surface area contributed by atoms with E-state index < -0.39 is 10.8 Å². The fourth-order valence-electron chi connectivity index (χ4n) is 2.27. The van der Waals surface area contributed by atoms with Crippen LogP contribution in [0.5, 0.6) is 0 Å². The van der Waals surface area contributed by atoms with Crippen LogP contribution in [-0.4, -0.2) is 22.3 Å². The first kappa shape index (κ1) is 14.2. The van der Waals surface area contributed by atoms with Gasteiger partial charge in [-0.1, -0.05) is 49.4 Å². The van der Waals surface area contributed by atoms with E-state index in [-0.39, 0.29) is 6.04 Å². The average Bonchev–Trinajstić information content (AvgIpc) is 2.46. The van der Waals surface area contributed by atoms with E-state index in [4.69, 9.17) is 0 Å². The lowest BCUT2D eigenvalue weighted by atomic mass is 10.00. The van der Waals surface area contributed by atoms with Crippen molar-refractivity contribution in [3.05, 3.63) is 48.0 Å². The summed E-state index contributed by atoms with van der Waals surface area (Å²) in [6.07, 6.45) is 0. The molecule has 0 saturated carbocycles. The van der Waals surface area contributed by atoms with E-state index in [9.17, 15) is 4.21 Å². The Morgan fingerprint density at radius 1 is 1.16 bits per heavy atom. The van der Waals surface area contributed by atoms with Crippen LogP contribution in [0.3, 0.4) is 0 Å². The Labute approximate surface area is 117 Å². The van der Waals surface area contributed by atoms with Gasteiger partial charge in [-0.3, -0.25) is 4.21 Å². The van der Waals surface area contributed by atoms with Crippen LogP contribution in [0, 0.1) is 0 Å². The number of benzene rings is 2. The maximum Gasteiger partial charge on any atom is 0.0360 e. The molecule has 0 spiro atoms. The van der Waals surface area contributed by atoms with Gasteiger partial charge in [0.2, 0.25) is 0 Å². The molecule has 2 nitrogen and oxygen atoms in total. The van der Waals surface area contributed by atoms with Crippen molar-refractivity contribution in [3.8, 4) is 0 Å². The number of hydrogen-bond donors (Lipinski definition) is 1. The summed E-state index contributed by atoms with van der Waals surface area (Å²) >= 11 is 0. The molecule has 0 radical (unpaired) electrons. The fourth-order valence-corrected chi connectivity index (χ4v) is 2.91. The summed E-state index contributed by atoms with van der Waals surface area (Å²) in [7, 11) is -0.689. The smallest absolute Gasteiger partial charge is 0.0360 e. The zero-order valence-corrected chi connectivity index (χ0v) is 12.4. The van der Waals surface area contributed by atoms with E-state index in [1.165, 1.54) is 16.3 Å². The molecule has 3 heteroatoms. The highest BCUT2D eigenvalue weighted by Crippen LogP contribution is 2.23. The maximum atomic E-state index is 11.4. The highest BCUT2D eigenvalue weighted by Gasteiger charge is 2.08. The van der Waals surface area contributed by atoms with Gasteiger partial charge in [-0.25, -0.2) is 0 Å². The number of fused-ring (bicyclic) bond motifs is 1. The molecule has 2 rings (SSSR count). The number of hydrogen-bond acceptors (Lipinski definition) is 2. The predicted molar refractivity (Wildman–Crippen MR) is 83.9 cm³/mol. The van der Waals surface area contributed by atoms with Crippen molar-refractivity contribution >= 4 is 21.6 Å². The topological polar surface area (TPSA) is 29.1 Å². The Morgan fingerprint density at radius 3 is 2.68 bits per heavy atom. The minimum atomic E-state index is -0.689. The van der Waals surface area contributed by atoms with Crippen LogP contribution in [0.15, 0.2) is 42.5 Å². The Kier molecular flexibility index (Phi) is 5.11. The molecule has 1 N–H and O–H groups in total. The standard InChI is InChI=1S/C16H21NOS/c1-3-19(18)12-11-17-13(2)15-10-6-8-14-7-4-5-9-16(14)15/h4-10,13,17H,3,11-12H2,1-2H3. The fraction of sp³-hybridized carbons (Fsp3) is 0.375. The summed E-state index contributed by atoms with van der Waals surface area (Å²) < 4.78 is 11.4. The van der Waals surface area contributed by atoms with Gasteiger partial charge in [-0.05, 0) is 23.3 Å². The summed E-state index contributed by atoms with van der Waals surface area (Å²) in [5, 5.41) is 6.03. The third kappa shape index (κ3) is 3.64. The molecule has 102 valence electrons. The van der Waals surface area contributed by atoms with Gasteiger partial charge in [-0.15, -0.1) is 0 Å². The minimum absolute atomic E-state index is 0.278. The highest BCUT2D eigenvalue weighted by molar-refractivity contribution is 7.84. The monoisotopic (exact) mass is 275 g/mol. The summed E-state index contributed by atoms with van der Waals surface area (Å²) in [4.78, 5) is 0. The third-order valence-electron chi connectivity index (χ3n) is 3.39. The van der Waals surface area contributed by atoms with Gasteiger partial charge in [0.15, 0.2) is 0 Å². The van der Waals surface area contributed by atoms with Crippen LogP contribution < -0.4 is 5.32 Å². The lowest BCUT2D eigenvalue weighted by molar-refractivity contribution is 0.600. The molecular weight excluding hydrogens is 254 g/mol. The maximum absolute atomic E-state index is 11.4. The predicted octanol–water partition coefficient (Wildman–Crippen LogP) is 3.26. The molecule has 19 heavy (non-hydrogen) atoms. The van der Waals surface area contributed by atoms with Crippen molar-refractivity contribution < 1.29 is 4.21 Å². The molecule has 2 aromatic rings. The zero-order valence-electron chi connectivity index (χ0n) is 11.6. The van der Waals surface area contributed by atoms with Gasteiger partial charge < -0.3 is 5.32 Å². The molecule has 0 aliphatic rings. The van der Waals surface area contributed by atoms with E-state index >= 15 is 0 Å². The first-order valence-electron chi connectivity index (χ1n) is 6.78. The van der Waals surface area contributed by atoms with Crippen molar-refractivity contribution in [1.29, 1.82) is 0 Å². The van der Waals surface area contributed by atoms with Crippen molar-refractivity contribution in [2.45, 2.75) is 19.9 Å². The van der Waals surface area contributed by atoms with Crippen LogP contribution in [0.4, 0.5) is 0 Å². The lowest BCUT2D eigenvalue weighted by Gasteiger charge is -2.16.